The first-order valence-electron chi connectivity index (χ1n) is 9.84. The van der Waals surface area contributed by atoms with Gasteiger partial charge in [0.25, 0.3) is 0 Å². The zero-order valence-electron chi connectivity index (χ0n) is 16.8. The Kier molecular flexibility index (Phi) is 5.97. The van der Waals surface area contributed by atoms with E-state index >= 15 is 0 Å². The lowest BCUT2D eigenvalue weighted by Gasteiger charge is -2.24. The Bertz CT molecular complexity index is 1240. The zero-order chi connectivity index (χ0) is 22.8. The molecule has 32 heavy (non-hydrogen) atoms. The number of ether oxygens (including phenoxy) is 1. The summed E-state index contributed by atoms with van der Waals surface area (Å²) >= 11 is 0. The van der Waals surface area contributed by atoms with Crippen molar-refractivity contribution in [2.45, 2.75) is 25.0 Å². The average Bonchev–Trinajstić information content (AvgIpc) is 2.78. The van der Waals surface area contributed by atoms with Crippen molar-refractivity contribution in [1.29, 1.82) is 0 Å². The summed E-state index contributed by atoms with van der Waals surface area (Å²) in [5.74, 6) is 0.234. The quantitative estimate of drug-likeness (QED) is 0.337. The standard InChI is InChI=1S/C24H19F3O4S/c25-24(26,27)32(28,29)31-23-21(18-9-5-2-6-10-18)13-11-19-15-20(12-14-22(19)23)30-16-17-7-3-1-4-8-17/h1-10,12,14-15H,11,13,16H2. The Hall–Kier alpha value is -3.26. The van der Waals surface area contributed by atoms with Crippen LogP contribution in [0.2, 0.25) is 0 Å². The summed E-state index contributed by atoms with van der Waals surface area (Å²) < 4.78 is 73.3. The van der Waals surface area contributed by atoms with Crippen LogP contribution in [-0.4, -0.2) is 13.9 Å². The second-order valence-corrected chi connectivity index (χ2v) is 8.79. The molecule has 0 amide bonds. The van der Waals surface area contributed by atoms with Crippen LogP contribution < -0.4 is 4.74 Å². The molecule has 0 spiro atoms. The lowest BCUT2D eigenvalue weighted by Crippen LogP contribution is -2.26. The van der Waals surface area contributed by atoms with Crippen LogP contribution in [0.5, 0.6) is 5.75 Å². The molecule has 4 rings (SSSR count). The second kappa shape index (κ2) is 8.70. The molecule has 8 heteroatoms. The number of alkyl halides is 3. The molecular formula is C24H19F3O4S. The zero-order valence-corrected chi connectivity index (χ0v) is 17.6. The van der Waals surface area contributed by atoms with E-state index in [1.54, 1.807) is 48.5 Å². The van der Waals surface area contributed by atoms with Crippen molar-refractivity contribution in [3.05, 3.63) is 101 Å². The summed E-state index contributed by atoms with van der Waals surface area (Å²) in [5.41, 5.74) is -2.59. The third kappa shape index (κ3) is 4.65. The lowest BCUT2D eigenvalue weighted by molar-refractivity contribution is -0.0509. The predicted octanol–water partition coefficient (Wildman–Crippen LogP) is 5.95. The lowest BCUT2D eigenvalue weighted by atomic mass is 9.87. The predicted molar refractivity (Wildman–Crippen MR) is 115 cm³/mol. The van der Waals surface area contributed by atoms with E-state index < -0.39 is 15.6 Å². The molecule has 0 fully saturated rings. The number of hydrogen-bond acceptors (Lipinski definition) is 4. The first-order valence-corrected chi connectivity index (χ1v) is 11.2. The second-order valence-electron chi connectivity index (χ2n) is 7.25. The van der Waals surface area contributed by atoms with Crippen molar-refractivity contribution in [2.24, 2.45) is 0 Å². The van der Waals surface area contributed by atoms with Crippen LogP contribution in [0, 0.1) is 0 Å². The van der Waals surface area contributed by atoms with Gasteiger partial charge in [0.2, 0.25) is 0 Å². The van der Waals surface area contributed by atoms with Crippen molar-refractivity contribution in [3.63, 3.8) is 0 Å². The number of halogens is 3. The van der Waals surface area contributed by atoms with Crippen LogP contribution in [-0.2, 0) is 27.3 Å². The van der Waals surface area contributed by atoms with Crippen LogP contribution in [0.4, 0.5) is 13.2 Å². The van der Waals surface area contributed by atoms with Gasteiger partial charge in [-0.05, 0) is 47.7 Å². The van der Waals surface area contributed by atoms with Crippen LogP contribution >= 0.6 is 0 Å². The molecule has 0 saturated carbocycles. The summed E-state index contributed by atoms with van der Waals surface area (Å²) in [6.45, 7) is 0.330. The van der Waals surface area contributed by atoms with Gasteiger partial charge in [0, 0.05) is 11.1 Å². The molecule has 0 atom stereocenters. The summed E-state index contributed by atoms with van der Waals surface area (Å²) in [6, 6.07) is 23.0. The Labute approximate surface area is 184 Å². The molecule has 1 aliphatic rings. The minimum atomic E-state index is -5.83. The molecule has 0 unspecified atom stereocenters. The first-order chi connectivity index (χ1) is 15.2. The van der Waals surface area contributed by atoms with E-state index in [-0.39, 0.29) is 5.76 Å². The van der Waals surface area contributed by atoms with Gasteiger partial charge in [0.1, 0.15) is 12.4 Å². The fraction of sp³-hybridized carbons (Fsp3) is 0.167. The fourth-order valence-electron chi connectivity index (χ4n) is 3.53. The minimum Gasteiger partial charge on any atom is -0.489 e. The molecule has 0 N–H and O–H groups in total. The Morgan fingerprint density at radius 1 is 0.844 bits per heavy atom. The summed E-state index contributed by atoms with van der Waals surface area (Å²) in [4.78, 5) is 0. The molecule has 0 aromatic heterocycles. The van der Waals surface area contributed by atoms with Gasteiger partial charge in [0.15, 0.2) is 5.76 Å². The molecular weight excluding hydrogens is 441 g/mol. The summed E-state index contributed by atoms with van der Waals surface area (Å²) in [7, 11) is -5.83. The number of fused-ring (bicyclic) bond motifs is 1. The van der Waals surface area contributed by atoms with Gasteiger partial charge in [-0.25, -0.2) is 0 Å². The van der Waals surface area contributed by atoms with E-state index in [0.29, 0.717) is 47.5 Å². The van der Waals surface area contributed by atoms with Crippen LogP contribution in [0.3, 0.4) is 0 Å². The smallest absolute Gasteiger partial charge is 0.489 e. The molecule has 3 aromatic rings. The van der Waals surface area contributed by atoms with Crippen molar-refractivity contribution in [3.8, 4) is 5.75 Å². The Balaban J connectivity index is 1.71. The van der Waals surface area contributed by atoms with Gasteiger partial charge in [-0.3, -0.25) is 0 Å². The topological polar surface area (TPSA) is 52.6 Å². The molecule has 4 nitrogen and oxygen atoms in total. The van der Waals surface area contributed by atoms with Crippen molar-refractivity contribution in [1.82, 2.24) is 0 Å². The van der Waals surface area contributed by atoms with E-state index in [9.17, 15) is 21.6 Å². The highest BCUT2D eigenvalue weighted by molar-refractivity contribution is 7.87. The molecule has 0 aliphatic heterocycles. The van der Waals surface area contributed by atoms with E-state index in [0.717, 1.165) is 5.56 Å². The van der Waals surface area contributed by atoms with Gasteiger partial charge in [-0.15, -0.1) is 0 Å². The number of hydrogen-bond donors (Lipinski definition) is 0. The summed E-state index contributed by atoms with van der Waals surface area (Å²) in [5, 5.41) is 0. The Morgan fingerprint density at radius 2 is 1.50 bits per heavy atom. The fourth-order valence-corrected chi connectivity index (χ4v) is 4.04. The maximum atomic E-state index is 13.1. The van der Waals surface area contributed by atoms with Crippen molar-refractivity contribution >= 4 is 21.5 Å². The van der Waals surface area contributed by atoms with Crippen molar-refractivity contribution < 1.29 is 30.5 Å². The highest BCUT2D eigenvalue weighted by atomic mass is 32.2. The number of allylic oxidation sites excluding steroid dienone is 1. The normalized spacial score (nSPS) is 14.1. The van der Waals surface area contributed by atoms with Crippen LogP contribution in [0.15, 0.2) is 78.9 Å². The minimum absolute atomic E-state index is 0.301. The van der Waals surface area contributed by atoms with Gasteiger partial charge >= 0.3 is 15.6 Å². The summed E-state index contributed by atoms with van der Waals surface area (Å²) in [6.07, 6.45) is 0.822. The third-order valence-corrected chi connectivity index (χ3v) is 6.04. The van der Waals surface area contributed by atoms with Crippen molar-refractivity contribution in [2.75, 3.05) is 0 Å². The molecule has 3 aromatic carbocycles. The first kappa shape index (κ1) is 22.0. The molecule has 1 aliphatic carbocycles. The maximum Gasteiger partial charge on any atom is 0.534 e. The number of rotatable bonds is 6. The number of aryl methyl sites for hydroxylation is 1. The molecule has 0 radical (unpaired) electrons. The van der Waals surface area contributed by atoms with Gasteiger partial charge in [0.05, 0.1) is 0 Å². The van der Waals surface area contributed by atoms with Gasteiger partial charge in [-0.1, -0.05) is 60.7 Å². The van der Waals surface area contributed by atoms with E-state index in [2.05, 4.69) is 0 Å². The molecule has 0 heterocycles. The monoisotopic (exact) mass is 460 g/mol. The van der Waals surface area contributed by atoms with E-state index in [4.69, 9.17) is 8.92 Å². The van der Waals surface area contributed by atoms with Gasteiger partial charge < -0.3 is 8.92 Å². The largest absolute Gasteiger partial charge is 0.534 e. The molecule has 166 valence electrons. The average molecular weight is 460 g/mol. The van der Waals surface area contributed by atoms with Crippen LogP contribution in [0.1, 0.15) is 28.7 Å². The SMILES string of the molecule is O=S(=O)(OC1=C(c2ccccc2)CCc2cc(OCc3ccccc3)ccc21)C(F)(F)F. The molecule has 0 saturated heterocycles. The highest BCUT2D eigenvalue weighted by Gasteiger charge is 2.49. The highest BCUT2D eigenvalue weighted by Crippen LogP contribution is 2.41. The molecule has 0 bridgehead atoms. The number of benzene rings is 3. The van der Waals surface area contributed by atoms with E-state index in [1.165, 1.54) is 0 Å². The third-order valence-electron chi connectivity index (χ3n) is 5.09. The maximum absolute atomic E-state index is 13.1. The van der Waals surface area contributed by atoms with Crippen LogP contribution in [0.25, 0.3) is 11.3 Å². The van der Waals surface area contributed by atoms with Gasteiger partial charge in [-0.2, -0.15) is 21.6 Å². The Morgan fingerprint density at radius 3 is 2.16 bits per heavy atom. The van der Waals surface area contributed by atoms with E-state index in [1.807, 2.05) is 30.3 Å².